The normalized spacial score (nSPS) is 11.1. The van der Waals surface area contributed by atoms with Gasteiger partial charge < -0.3 is 0 Å². The van der Waals surface area contributed by atoms with E-state index < -0.39 is 0 Å². The molecular formula is C9H8N6O. The van der Waals surface area contributed by atoms with Gasteiger partial charge in [0.05, 0.1) is 0 Å². The molecule has 7 nitrogen and oxygen atoms in total. The number of nitrogens with zero attached hydrogens (tertiary/aromatic N) is 5. The minimum atomic E-state index is -0.285. The predicted molar refractivity (Wildman–Crippen MR) is 55.5 cm³/mol. The van der Waals surface area contributed by atoms with E-state index in [2.05, 4.69) is 20.3 Å². The quantitative estimate of drug-likeness (QED) is 0.616. The maximum absolute atomic E-state index is 11.4. The molecule has 0 aliphatic carbocycles. The Balaban J connectivity index is 2.34. The maximum atomic E-state index is 11.4. The van der Waals surface area contributed by atoms with Gasteiger partial charge in [0.25, 0.3) is 0 Å². The summed E-state index contributed by atoms with van der Waals surface area (Å²) >= 11 is 0. The van der Waals surface area contributed by atoms with Crippen LogP contribution in [-0.2, 0) is 0 Å². The largest absolute Gasteiger partial charge is 0.349 e. The molecule has 0 aliphatic heterocycles. The lowest BCUT2D eigenvalue weighted by atomic mass is 10.5. The number of H-pyrrole nitrogens is 1. The number of fused-ring (bicyclic) bond motifs is 1. The molecule has 0 amide bonds. The van der Waals surface area contributed by atoms with Crippen LogP contribution in [0.25, 0.3) is 11.5 Å². The van der Waals surface area contributed by atoms with E-state index >= 15 is 0 Å². The standard InChI is InChI=1S/C9H8N6O/c1-6-11-7(14-4-2-3-10-14)5-8-12-13-9(16)15(6)8/h2-5H,1H3,(H,13,16). The third-order valence-corrected chi connectivity index (χ3v) is 2.30. The van der Waals surface area contributed by atoms with Gasteiger partial charge in [0, 0.05) is 18.5 Å². The Morgan fingerprint density at radius 1 is 1.44 bits per heavy atom. The van der Waals surface area contributed by atoms with Crippen LogP contribution in [0.3, 0.4) is 0 Å². The molecule has 3 rings (SSSR count). The number of aromatic amines is 1. The second kappa shape index (κ2) is 3.02. The summed E-state index contributed by atoms with van der Waals surface area (Å²) in [5.74, 6) is 1.20. The van der Waals surface area contributed by atoms with E-state index in [1.807, 2.05) is 0 Å². The van der Waals surface area contributed by atoms with Crippen LogP contribution < -0.4 is 5.69 Å². The first-order chi connectivity index (χ1) is 7.75. The van der Waals surface area contributed by atoms with Crippen molar-refractivity contribution in [2.24, 2.45) is 0 Å². The zero-order valence-corrected chi connectivity index (χ0v) is 8.45. The number of aryl methyl sites for hydroxylation is 1. The molecule has 3 aromatic heterocycles. The third-order valence-electron chi connectivity index (χ3n) is 2.30. The topological polar surface area (TPSA) is 80.9 Å². The molecule has 1 N–H and O–H groups in total. The highest BCUT2D eigenvalue weighted by molar-refractivity contribution is 5.43. The Labute approximate surface area is 89.4 Å². The van der Waals surface area contributed by atoms with Gasteiger partial charge in [-0.15, -0.1) is 0 Å². The van der Waals surface area contributed by atoms with Crippen LogP contribution in [0.15, 0.2) is 29.3 Å². The summed E-state index contributed by atoms with van der Waals surface area (Å²) < 4.78 is 3.03. The molecular weight excluding hydrogens is 208 g/mol. The summed E-state index contributed by atoms with van der Waals surface area (Å²) in [7, 11) is 0. The highest BCUT2D eigenvalue weighted by Gasteiger charge is 2.07. The average molecular weight is 216 g/mol. The Kier molecular flexibility index (Phi) is 1.67. The minimum absolute atomic E-state index is 0.285. The molecule has 3 heterocycles. The molecule has 0 unspecified atom stereocenters. The van der Waals surface area contributed by atoms with Gasteiger partial charge in [-0.05, 0) is 13.0 Å². The Morgan fingerprint density at radius 2 is 2.31 bits per heavy atom. The van der Waals surface area contributed by atoms with Gasteiger partial charge in [0.2, 0.25) is 0 Å². The van der Waals surface area contributed by atoms with Crippen LogP contribution in [0, 0.1) is 6.92 Å². The monoisotopic (exact) mass is 216 g/mol. The van der Waals surface area contributed by atoms with Gasteiger partial charge in [-0.3, -0.25) is 0 Å². The fourth-order valence-electron chi connectivity index (χ4n) is 1.60. The lowest BCUT2D eigenvalue weighted by molar-refractivity contribution is 0.818. The van der Waals surface area contributed by atoms with Gasteiger partial charge in [-0.1, -0.05) is 0 Å². The summed E-state index contributed by atoms with van der Waals surface area (Å²) in [6.45, 7) is 1.75. The molecule has 0 fully saturated rings. The van der Waals surface area contributed by atoms with Gasteiger partial charge in [-0.2, -0.15) is 10.2 Å². The smallest absolute Gasteiger partial charge is 0.246 e. The fraction of sp³-hybridized carbons (Fsp3) is 0.111. The van der Waals surface area contributed by atoms with Gasteiger partial charge >= 0.3 is 5.69 Å². The van der Waals surface area contributed by atoms with Crippen molar-refractivity contribution in [3.8, 4) is 5.82 Å². The molecule has 16 heavy (non-hydrogen) atoms. The zero-order chi connectivity index (χ0) is 11.1. The van der Waals surface area contributed by atoms with Gasteiger partial charge in [0.15, 0.2) is 11.5 Å². The Morgan fingerprint density at radius 3 is 3.06 bits per heavy atom. The van der Waals surface area contributed by atoms with Crippen LogP contribution in [0.1, 0.15) is 5.82 Å². The molecule has 0 radical (unpaired) electrons. The lowest BCUT2D eigenvalue weighted by Crippen LogP contribution is -2.14. The van der Waals surface area contributed by atoms with E-state index in [0.29, 0.717) is 17.3 Å². The second-order valence-electron chi connectivity index (χ2n) is 3.33. The number of hydrogen-bond acceptors (Lipinski definition) is 4. The summed E-state index contributed by atoms with van der Waals surface area (Å²) in [6, 6.07) is 3.50. The van der Waals surface area contributed by atoms with Crippen LogP contribution in [0.5, 0.6) is 0 Å². The first kappa shape index (κ1) is 8.84. The molecule has 0 aromatic carbocycles. The van der Waals surface area contributed by atoms with Crippen molar-refractivity contribution in [3.05, 3.63) is 40.8 Å². The SMILES string of the molecule is Cc1nc(-n2cccn2)cc2n[nH]c(=O)n12. The van der Waals surface area contributed by atoms with E-state index in [1.165, 1.54) is 4.40 Å². The van der Waals surface area contributed by atoms with Crippen molar-refractivity contribution in [1.82, 2.24) is 29.4 Å². The molecule has 80 valence electrons. The van der Waals surface area contributed by atoms with E-state index in [1.54, 1.807) is 36.1 Å². The van der Waals surface area contributed by atoms with Crippen LogP contribution in [0.4, 0.5) is 0 Å². The number of rotatable bonds is 1. The third kappa shape index (κ3) is 1.14. The summed E-state index contributed by atoms with van der Waals surface area (Å²) in [6.07, 6.45) is 3.45. The first-order valence-electron chi connectivity index (χ1n) is 4.70. The van der Waals surface area contributed by atoms with Gasteiger partial charge in [-0.25, -0.2) is 24.0 Å². The number of aromatic nitrogens is 6. The highest BCUT2D eigenvalue weighted by Crippen LogP contribution is 2.06. The van der Waals surface area contributed by atoms with Crippen LogP contribution in [0.2, 0.25) is 0 Å². The molecule has 0 atom stereocenters. The zero-order valence-electron chi connectivity index (χ0n) is 8.45. The van der Waals surface area contributed by atoms with Crippen molar-refractivity contribution in [1.29, 1.82) is 0 Å². The van der Waals surface area contributed by atoms with E-state index in [9.17, 15) is 4.79 Å². The molecule has 0 bridgehead atoms. The number of nitrogens with one attached hydrogen (secondary N) is 1. The van der Waals surface area contributed by atoms with Crippen LogP contribution in [-0.4, -0.2) is 29.4 Å². The minimum Gasteiger partial charge on any atom is -0.246 e. The molecule has 0 spiro atoms. The second-order valence-corrected chi connectivity index (χ2v) is 3.33. The Hall–Kier alpha value is -2.44. The Bertz CT molecular complexity index is 692. The molecule has 7 heteroatoms. The molecule has 0 saturated carbocycles. The van der Waals surface area contributed by atoms with E-state index in [-0.39, 0.29) is 5.69 Å². The van der Waals surface area contributed by atoms with Crippen molar-refractivity contribution >= 4 is 5.65 Å². The summed E-state index contributed by atoms with van der Waals surface area (Å²) in [5, 5.41) is 10.3. The van der Waals surface area contributed by atoms with E-state index in [0.717, 1.165) is 0 Å². The number of hydrogen-bond donors (Lipinski definition) is 1. The van der Waals surface area contributed by atoms with Crippen molar-refractivity contribution < 1.29 is 0 Å². The van der Waals surface area contributed by atoms with Crippen molar-refractivity contribution in [2.75, 3.05) is 0 Å². The predicted octanol–water partition coefficient (Wildman–Crippen LogP) is -0.0883. The first-order valence-corrected chi connectivity index (χ1v) is 4.70. The van der Waals surface area contributed by atoms with Crippen molar-refractivity contribution in [3.63, 3.8) is 0 Å². The molecule has 0 saturated heterocycles. The fourth-order valence-corrected chi connectivity index (χ4v) is 1.60. The molecule has 0 aliphatic rings. The lowest BCUT2D eigenvalue weighted by Gasteiger charge is -2.02. The van der Waals surface area contributed by atoms with Crippen LogP contribution >= 0.6 is 0 Å². The summed E-state index contributed by atoms with van der Waals surface area (Å²) in [5.41, 5.74) is 0.245. The van der Waals surface area contributed by atoms with Crippen molar-refractivity contribution in [2.45, 2.75) is 6.92 Å². The average Bonchev–Trinajstić information content (AvgIpc) is 2.87. The van der Waals surface area contributed by atoms with E-state index in [4.69, 9.17) is 0 Å². The summed E-state index contributed by atoms with van der Waals surface area (Å²) in [4.78, 5) is 15.7. The molecule has 3 aromatic rings. The maximum Gasteiger partial charge on any atom is 0.349 e. The highest BCUT2D eigenvalue weighted by atomic mass is 16.1. The van der Waals surface area contributed by atoms with Gasteiger partial charge in [0.1, 0.15) is 5.82 Å².